The van der Waals surface area contributed by atoms with Gasteiger partial charge in [0, 0.05) is 95.5 Å². The summed E-state index contributed by atoms with van der Waals surface area (Å²) >= 11 is 3.79. The van der Waals surface area contributed by atoms with Crippen LogP contribution in [0.3, 0.4) is 0 Å². The van der Waals surface area contributed by atoms with E-state index >= 15 is 4.57 Å². The van der Waals surface area contributed by atoms with E-state index in [0.717, 1.165) is 127 Å². The van der Waals surface area contributed by atoms with Crippen LogP contribution >= 0.6 is 30.7 Å². The van der Waals surface area contributed by atoms with E-state index in [1.807, 2.05) is 121 Å². The van der Waals surface area contributed by atoms with Crippen molar-refractivity contribution in [2.75, 3.05) is 0 Å². The van der Waals surface area contributed by atoms with Crippen LogP contribution in [0.15, 0.2) is 450 Å². The number of para-hydroxylation sites is 1. The van der Waals surface area contributed by atoms with E-state index in [1.165, 1.54) is 97.1 Å². The van der Waals surface area contributed by atoms with E-state index < -0.39 is 18.0 Å². The molecule has 4 aliphatic rings. The van der Waals surface area contributed by atoms with Crippen LogP contribution in [0, 0.1) is 0 Å². The van der Waals surface area contributed by atoms with Crippen LogP contribution in [0.5, 0.6) is 0 Å². The Balaban J connectivity index is 0.000000138. The van der Waals surface area contributed by atoms with Gasteiger partial charge in [-0.1, -0.05) is 424 Å². The molecule has 2 aliphatic carbocycles. The summed E-state index contributed by atoms with van der Waals surface area (Å²) < 4.78 is 15.1. The molecule has 0 saturated carbocycles. The van der Waals surface area contributed by atoms with Gasteiger partial charge in [0.15, 0.2) is 13.0 Å². The summed E-state index contributed by atoms with van der Waals surface area (Å²) in [7, 11) is -3.10. The van der Waals surface area contributed by atoms with Crippen molar-refractivity contribution in [1.29, 1.82) is 0 Å². The topological polar surface area (TPSA) is 68.6 Å². The number of benzene rings is 18. The zero-order valence-electron chi connectivity index (χ0n) is 66.0. The molecule has 2 spiro atoms. The third-order valence-corrected chi connectivity index (χ3v) is 31.1. The second kappa shape index (κ2) is 28.7. The monoisotopic (exact) mass is 1610 g/mol. The molecular formula is C114H71N4OPS2. The number of hydrogen-bond acceptors (Lipinski definition) is 7. The Kier molecular flexibility index (Phi) is 16.8. The maximum atomic E-state index is 15.1. The molecule has 0 bridgehead atoms. The number of hydrogen-bond donors (Lipinski definition) is 0. The van der Waals surface area contributed by atoms with Gasteiger partial charge in [0.2, 0.25) is 0 Å². The zero-order valence-corrected chi connectivity index (χ0v) is 68.5. The first-order valence-electron chi connectivity index (χ1n) is 41.5. The Morgan fingerprint density at radius 2 is 0.533 bits per heavy atom. The Morgan fingerprint density at radius 1 is 0.213 bits per heavy atom. The highest BCUT2D eigenvalue weighted by Crippen LogP contribution is 2.66. The van der Waals surface area contributed by atoms with Gasteiger partial charge in [-0.05, 0) is 119 Å². The highest BCUT2D eigenvalue weighted by molar-refractivity contribution is 8.00. The number of aromatic nitrogens is 4. The summed E-state index contributed by atoms with van der Waals surface area (Å²) in [5.74, 6) is 0.724. The minimum atomic E-state index is -3.10. The fraction of sp³-hybridized carbons (Fsp3) is 0.0175. The molecule has 8 heteroatoms. The molecule has 0 unspecified atom stereocenters. The normalized spacial score (nSPS) is 13.3. The van der Waals surface area contributed by atoms with E-state index in [-0.39, 0.29) is 0 Å². The number of pyridine rings is 2. The quantitative estimate of drug-likeness (QED) is 0.105. The summed E-state index contributed by atoms with van der Waals surface area (Å²) in [5.41, 5.74) is 29.2. The number of nitrogens with zero attached hydrogens (tertiary/aromatic N) is 4. The molecule has 3 aromatic heterocycles. The predicted octanol–water partition coefficient (Wildman–Crippen LogP) is 28.0. The van der Waals surface area contributed by atoms with Gasteiger partial charge in [0.25, 0.3) is 0 Å². The van der Waals surface area contributed by atoms with Gasteiger partial charge in [-0.3, -0.25) is 0 Å². The molecule has 570 valence electrons. The molecule has 0 radical (unpaired) electrons. The van der Waals surface area contributed by atoms with Crippen LogP contribution in [0.25, 0.3) is 144 Å². The maximum absolute atomic E-state index is 15.1. The first-order valence-corrected chi connectivity index (χ1v) is 44.8. The molecule has 0 fully saturated rings. The molecular weight excluding hydrogens is 1540 g/mol. The summed E-state index contributed by atoms with van der Waals surface area (Å²) in [6.45, 7) is 0. The molecule has 18 aromatic carbocycles. The van der Waals surface area contributed by atoms with E-state index in [9.17, 15) is 0 Å². The highest BCUT2D eigenvalue weighted by Gasteiger charge is 2.52. The van der Waals surface area contributed by atoms with Crippen molar-refractivity contribution in [3.8, 4) is 89.7 Å². The second-order valence-electron chi connectivity index (χ2n) is 31.9. The summed E-state index contributed by atoms with van der Waals surface area (Å²) in [6, 6.07) is 154. The van der Waals surface area contributed by atoms with Crippen molar-refractivity contribution in [2.45, 2.75) is 30.4 Å². The summed E-state index contributed by atoms with van der Waals surface area (Å²) in [6.07, 6.45) is 0. The van der Waals surface area contributed by atoms with E-state index in [0.29, 0.717) is 0 Å². The standard InChI is InChI=1S/C58H35N3S.C56H36NOPS/c1-3-15-37(16-4-1)55-45-33-34-49-56(62-52-26-14-12-24-48(52)58(49)46-22-10-7-19-41(46)42-20-8-11-23-47(42)58)53(45)43-32-31-40(35-51(43)59-55)36-27-29-38(30-28-36)54-44-21-9-13-25-50(44)60-57(61-54)39-17-5-2-6-18-39;58-59(40-18-6-2-7-19-40,41-20-8-3-9-21-41)42-31-28-37(29-32-42)39-30-33-45-51(36-39)57-54(38-16-4-1-5-17-38)46-34-35-50-55(53(45)46)60-52-27-15-14-26-49(52)56(50)47-24-12-10-22-43(47)44-23-11-13-25-48(44)56/h1-35H;1-36H. The maximum Gasteiger partial charge on any atom is 0.171 e. The average Bonchev–Trinajstić information content (AvgIpc) is 1.59. The first-order chi connectivity index (χ1) is 60.4. The van der Waals surface area contributed by atoms with E-state index in [1.54, 1.807) is 0 Å². The molecule has 122 heavy (non-hydrogen) atoms. The molecule has 5 heterocycles. The molecule has 0 N–H and O–H groups in total. The molecule has 5 nitrogen and oxygen atoms in total. The minimum Gasteiger partial charge on any atom is -0.309 e. The molecule has 21 aromatic rings. The number of fused-ring (bicyclic) bond motifs is 27. The van der Waals surface area contributed by atoms with Crippen molar-refractivity contribution in [1.82, 2.24) is 19.9 Å². The molecule has 0 saturated heterocycles. The van der Waals surface area contributed by atoms with Crippen LogP contribution in [0.1, 0.15) is 44.5 Å². The first kappa shape index (κ1) is 71.7. The smallest absolute Gasteiger partial charge is 0.171 e. The Hall–Kier alpha value is -14.4. The summed E-state index contributed by atoms with van der Waals surface area (Å²) in [4.78, 5) is 26.2. The van der Waals surface area contributed by atoms with E-state index in [4.69, 9.17) is 19.9 Å². The van der Waals surface area contributed by atoms with Gasteiger partial charge in [0.05, 0.1) is 44.5 Å². The van der Waals surface area contributed by atoms with Gasteiger partial charge in [0.1, 0.15) is 0 Å². The lowest BCUT2D eigenvalue weighted by Crippen LogP contribution is -2.32. The largest absolute Gasteiger partial charge is 0.309 e. The van der Waals surface area contributed by atoms with Crippen LogP contribution in [-0.4, -0.2) is 19.9 Å². The lowest BCUT2D eigenvalue weighted by molar-refractivity contribution is 0.592. The Labute approximate surface area is 715 Å². The van der Waals surface area contributed by atoms with Crippen molar-refractivity contribution in [2.24, 2.45) is 0 Å². The van der Waals surface area contributed by atoms with Crippen molar-refractivity contribution >= 4 is 101 Å². The molecule has 2 aliphatic heterocycles. The predicted molar refractivity (Wildman–Crippen MR) is 506 cm³/mol. The second-order valence-corrected chi connectivity index (χ2v) is 36.8. The molecule has 0 amide bonds. The Morgan fingerprint density at radius 3 is 0.975 bits per heavy atom. The van der Waals surface area contributed by atoms with Crippen LogP contribution in [-0.2, 0) is 15.4 Å². The summed E-state index contributed by atoms with van der Waals surface area (Å²) in [5, 5.41) is 10.6. The van der Waals surface area contributed by atoms with Gasteiger partial charge >= 0.3 is 0 Å². The fourth-order valence-electron chi connectivity index (χ4n) is 20.2. The average molecular weight is 1610 g/mol. The fourth-order valence-corrected chi connectivity index (χ4v) is 25.6. The van der Waals surface area contributed by atoms with Crippen molar-refractivity contribution in [3.63, 3.8) is 0 Å². The third-order valence-electron chi connectivity index (χ3n) is 25.6. The molecule has 0 atom stereocenters. The van der Waals surface area contributed by atoms with Gasteiger partial charge in [-0.15, -0.1) is 0 Å². The van der Waals surface area contributed by atoms with Gasteiger partial charge < -0.3 is 4.57 Å². The molecule has 25 rings (SSSR count). The van der Waals surface area contributed by atoms with Crippen LogP contribution in [0.4, 0.5) is 0 Å². The van der Waals surface area contributed by atoms with Crippen molar-refractivity contribution < 1.29 is 4.57 Å². The minimum absolute atomic E-state index is 0.459. The van der Waals surface area contributed by atoms with Crippen molar-refractivity contribution in [3.05, 3.63) is 475 Å². The zero-order chi connectivity index (χ0) is 80.6. The third kappa shape index (κ3) is 11.0. The number of rotatable bonds is 9. The Bertz CT molecular complexity index is 7770. The van der Waals surface area contributed by atoms with Gasteiger partial charge in [-0.2, -0.15) is 0 Å². The van der Waals surface area contributed by atoms with E-state index in [2.05, 4.69) is 334 Å². The van der Waals surface area contributed by atoms with Gasteiger partial charge in [-0.25, -0.2) is 19.9 Å². The lowest BCUT2D eigenvalue weighted by atomic mass is 9.67. The lowest BCUT2D eigenvalue weighted by Gasteiger charge is -2.40. The SMILES string of the molecule is O=P(c1ccccc1)(c1ccccc1)c1ccc(-c2ccc3c(c2)nc(-c2ccccc2)c2ccc4c(c23)Sc2ccccc2C42c3ccccc3-c3ccccc32)cc1.c1ccc(-c2nc(-c3ccc(-c4ccc5c(c4)nc(-c4ccccc4)c4ccc6c(c45)Sc4ccccc4C64c5ccccc5-c5ccccc54)cc3)c3ccccc3n2)cc1. The highest BCUT2D eigenvalue weighted by atomic mass is 32.2. The van der Waals surface area contributed by atoms with Crippen LogP contribution < -0.4 is 15.9 Å². The van der Waals surface area contributed by atoms with Crippen LogP contribution in [0.2, 0.25) is 0 Å².